The first-order chi connectivity index (χ1) is 28.2. The molecule has 12 aromatic rings. The van der Waals surface area contributed by atoms with Gasteiger partial charge in [0.1, 0.15) is 22.3 Å². The van der Waals surface area contributed by atoms with E-state index in [0.717, 1.165) is 82.8 Å². The third-order valence-electron chi connectivity index (χ3n) is 11.6. The van der Waals surface area contributed by atoms with Crippen LogP contribution in [0.3, 0.4) is 0 Å². The van der Waals surface area contributed by atoms with Gasteiger partial charge >= 0.3 is 0 Å². The van der Waals surface area contributed by atoms with Gasteiger partial charge in [0.25, 0.3) is 0 Å². The van der Waals surface area contributed by atoms with Crippen LogP contribution < -0.4 is 4.90 Å². The van der Waals surface area contributed by atoms with Crippen LogP contribution in [0.5, 0.6) is 0 Å². The van der Waals surface area contributed by atoms with E-state index in [1.807, 2.05) is 12.1 Å². The lowest BCUT2D eigenvalue weighted by molar-refractivity contribution is 0.669. The summed E-state index contributed by atoms with van der Waals surface area (Å²) >= 11 is 0. The zero-order valence-corrected chi connectivity index (χ0v) is 30.8. The molecule has 0 radical (unpaired) electrons. The Bertz CT molecular complexity index is 3520. The van der Waals surface area contributed by atoms with Gasteiger partial charge in [-0.05, 0) is 110 Å². The molecule has 2 aromatic heterocycles. The monoisotopic (exact) mass is 727 g/mol. The number of para-hydroxylation sites is 1. The van der Waals surface area contributed by atoms with E-state index < -0.39 is 0 Å². The molecule has 0 N–H and O–H groups in total. The van der Waals surface area contributed by atoms with Gasteiger partial charge in [-0.2, -0.15) is 0 Å². The molecular weight excluding hydrogens is 695 g/mol. The molecule has 12 rings (SSSR count). The van der Waals surface area contributed by atoms with Crippen LogP contribution in [0.1, 0.15) is 0 Å². The lowest BCUT2D eigenvalue weighted by Crippen LogP contribution is -2.10. The van der Waals surface area contributed by atoms with Gasteiger partial charge in [0, 0.05) is 32.9 Å². The van der Waals surface area contributed by atoms with Gasteiger partial charge in [-0.3, -0.25) is 0 Å². The van der Waals surface area contributed by atoms with Gasteiger partial charge in [-0.1, -0.05) is 140 Å². The van der Waals surface area contributed by atoms with E-state index in [-0.39, 0.29) is 0 Å². The van der Waals surface area contributed by atoms with E-state index in [4.69, 9.17) is 8.83 Å². The molecule has 0 bridgehead atoms. The Balaban J connectivity index is 1.01. The number of nitrogens with zero attached hydrogens (tertiary/aromatic N) is 1. The third kappa shape index (κ3) is 4.99. The van der Waals surface area contributed by atoms with Crippen LogP contribution in [0, 0.1) is 0 Å². The van der Waals surface area contributed by atoms with Crippen molar-refractivity contribution < 1.29 is 8.83 Å². The van der Waals surface area contributed by atoms with Crippen LogP contribution >= 0.6 is 0 Å². The Morgan fingerprint density at radius 1 is 0.316 bits per heavy atom. The fourth-order valence-electron chi connectivity index (χ4n) is 8.95. The smallest absolute Gasteiger partial charge is 0.143 e. The molecule has 57 heavy (non-hydrogen) atoms. The summed E-state index contributed by atoms with van der Waals surface area (Å²) in [7, 11) is 0. The van der Waals surface area contributed by atoms with E-state index in [1.54, 1.807) is 0 Å². The van der Waals surface area contributed by atoms with Gasteiger partial charge in [0.15, 0.2) is 0 Å². The first-order valence-corrected chi connectivity index (χ1v) is 19.4. The Morgan fingerprint density at radius 2 is 0.877 bits per heavy atom. The topological polar surface area (TPSA) is 29.5 Å². The average Bonchev–Trinajstić information content (AvgIpc) is 3.86. The quantitative estimate of drug-likeness (QED) is 0.165. The van der Waals surface area contributed by atoms with Crippen LogP contribution in [0.25, 0.3) is 98.4 Å². The molecule has 0 amide bonds. The highest BCUT2D eigenvalue weighted by Gasteiger charge is 2.21. The molecule has 3 nitrogen and oxygen atoms in total. The zero-order valence-electron chi connectivity index (χ0n) is 30.8. The fraction of sp³-hybridized carbons (Fsp3) is 0. The van der Waals surface area contributed by atoms with Crippen molar-refractivity contribution in [2.24, 2.45) is 0 Å². The molecule has 0 saturated heterocycles. The van der Waals surface area contributed by atoms with Crippen LogP contribution in [0.4, 0.5) is 17.1 Å². The fourth-order valence-corrected chi connectivity index (χ4v) is 8.95. The summed E-state index contributed by atoms with van der Waals surface area (Å²) in [6.45, 7) is 0. The van der Waals surface area contributed by atoms with E-state index in [1.165, 1.54) is 32.7 Å². The molecule has 0 unspecified atom stereocenters. The molecule has 10 aromatic carbocycles. The molecule has 2 heterocycles. The number of furan rings is 2. The minimum atomic E-state index is 0.860. The van der Waals surface area contributed by atoms with Crippen LogP contribution in [-0.2, 0) is 0 Å². The highest BCUT2D eigenvalue weighted by Crippen LogP contribution is 2.45. The van der Waals surface area contributed by atoms with Gasteiger partial charge < -0.3 is 13.7 Å². The number of hydrogen-bond donors (Lipinski definition) is 0. The van der Waals surface area contributed by atoms with Crippen molar-refractivity contribution in [3.05, 3.63) is 200 Å². The number of rotatable bonds is 5. The standard InChI is InChI=1S/C54H33NO2/c1-3-11-42-35(9-1)19-20-39-33-38(26-31-43(39)42)34-21-27-40(28-22-34)55(48-15-8-18-51-53(48)47-32-25-36-10-2-4-12-45(36)54(47)57-51)41-29-23-37(24-30-41)44-14-7-17-50-52(44)46-13-5-6-16-49(46)56-50/h1-33H. The lowest BCUT2D eigenvalue weighted by atomic mass is 9.97. The summed E-state index contributed by atoms with van der Waals surface area (Å²) in [4.78, 5) is 2.36. The maximum absolute atomic E-state index is 6.68. The Labute approximate surface area is 328 Å². The predicted molar refractivity (Wildman–Crippen MR) is 239 cm³/mol. The molecule has 0 spiro atoms. The molecule has 0 atom stereocenters. The van der Waals surface area contributed by atoms with Crippen LogP contribution in [-0.4, -0.2) is 0 Å². The lowest BCUT2D eigenvalue weighted by Gasteiger charge is -2.26. The third-order valence-corrected chi connectivity index (χ3v) is 11.6. The van der Waals surface area contributed by atoms with Crippen molar-refractivity contribution in [3.8, 4) is 22.3 Å². The molecule has 266 valence electrons. The molecule has 0 aliphatic carbocycles. The van der Waals surface area contributed by atoms with Crippen molar-refractivity contribution in [1.82, 2.24) is 0 Å². The Kier molecular flexibility index (Phi) is 6.93. The molecule has 0 aliphatic rings. The van der Waals surface area contributed by atoms with Gasteiger partial charge in [-0.15, -0.1) is 0 Å². The summed E-state index contributed by atoms with van der Waals surface area (Å²) in [6.07, 6.45) is 0. The largest absolute Gasteiger partial charge is 0.456 e. The summed E-state index contributed by atoms with van der Waals surface area (Å²) in [5.74, 6) is 0. The summed E-state index contributed by atoms with van der Waals surface area (Å²) in [5, 5.41) is 11.8. The molecule has 0 saturated carbocycles. The number of fused-ring (bicyclic) bond motifs is 11. The molecule has 0 aliphatic heterocycles. The van der Waals surface area contributed by atoms with Crippen molar-refractivity contribution in [2.45, 2.75) is 0 Å². The summed E-state index contributed by atoms with van der Waals surface area (Å²) < 4.78 is 12.9. The van der Waals surface area contributed by atoms with Gasteiger partial charge in [0.2, 0.25) is 0 Å². The van der Waals surface area contributed by atoms with Crippen molar-refractivity contribution in [1.29, 1.82) is 0 Å². The normalized spacial score (nSPS) is 11.9. The highest BCUT2D eigenvalue weighted by atomic mass is 16.3. The van der Waals surface area contributed by atoms with Crippen LogP contribution in [0.15, 0.2) is 209 Å². The van der Waals surface area contributed by atoms with Crippen molar-refractivity contribution >= 4 is 93.3 Å². The maximum Gasteiger partial charge on any atom is 0.143 e. The zero-order chi connectivity index (χ0) is 37.5. The number of benzene rings is 10. The molecule has 3 heteroatoms. The second-order valence-electron chi connectivity index (χ2n) is 14.8. The predicted octanol–water partition coefficient (Wildman–Crippen LogP) is 15.7. The van der Waals surface area contributed by atoms with E-state index >= 15 is 0 Å². The molecular formula is C54H33NO2. The maximum atomic E-state index is 6.68. The van der Waals surface area contributed by atoms with Gasteiger partial charge in [-0.25, -0.2) is 0 Å². The highest BCUT2D eigenvalue weighted by molar-refractivity contribution is 6.20. The number of hydrogen-bond acceptors (Lipinski definition) is 3. The van der Waals surface area contributed by atoms with Crippen molar-refractivity contribution in [3.63, 3.8) is 0 Å². The second-order valence-corrected chi connectivity index (χ2v) is 14.8. The first-order valence-electron chi connectivity index (χ1n) is 19.4. The minimum absolute atomic E-state index is 0.860. The minimum Gasteiger partial charge on any atom is -0.456 e. The first kappa shape index (κ1) is 31.7. The van der Waals surface area contributed by atoms with E-state index in [0.29, 0.717) is 0 Å². The van der Waals surface area contributed by atoms with Crippen LogP contribution in [0.2, 0.25) is 0 Å². The van der Waals surface area contributed by atoms with Crippen molar-refractivity contribution in [2.75, 3.05) is 4.90 Å². The van der Waals surface area contributed by atoms with E-state index in [2.05, 4.69) is 193 Å². The number of anilines is 3. The average molecular weight is 728 g/mol. The second kappa shape index (κ2) is 12.5. The van der Waals surface area contributed by atoms with E-state index in [9.17, 15) is 0 Å². The Hall–Kier alpha value is -7.62. The SMILES string of the molecule is c1ccc2c(c1)ccc1cc(-c3ccc(N(c4ccc(-c5cccc6oc7ccccc7c56)cc4)c4cccc5oc6c7ccccc7ccc6c45)cc3)ccc12. The molecule has 0 fully saturated rings. The summed E-state index contributed by atoms with van der Waals surface area (Å²) in [6, 6.07) is 71.6. The summed E-state index contributed by atoms with van der Waals surface area (Å²) in [5.41, 5.74) is 11.4. The van der Waals surface area contributed by atoms with Gasteiger partial charge in [0.05, 0.1) is 11.1 Å². The Morgan fingerprint density at radius 3 is 1.68 bits per heavy atom.